The molecule has 0 saturated carbocycles. The summed E-state index contributed by atoms with van der Waals surface area (Å²) in [5.41, 5.74) is 0.990. The Morgan fingerprint density at radius 3 is 2.68 bits per heavy atom. The quantitative estimate of drug-likeness (QED) is 0.709. The van der Waals surface area contributed by atoms with Crippen LogP contribution in [0, 0.1) is 0 Å². The molecule has 9 heteroatoms. The molecule has 1 aliphatic heterocycles. The summed E-state index contributed by atoms with van der Waals surface area (Å²) < 4.78 is 34.3. The zero-order valence-electron chi connectivity index (χ0n) is 13.3. The van der Waals surface area contributed by atoms with E-state index < -0.39 is 10.0 Å². The Morgan fingerprint density at radius 2 is 2.04 bits per heavy atom. The summed E-state index contributed by atoms with van der Waals surface area (Å²) in [6.07, 6.45) is 0. The minimum Gasteiger partial charge on any atom is -0.379 e. The van der Waals surface area contributed by atoms with E-state index in [4.69, 9.17) is 16.3 Å². The molecule has 2 aromatic rings. The summed E-state index contributed by atoms with van der Waals surface area (Å²) in [5, 5.41) is 0.640. The van der Waals surface area contributed by atoms with Crippen LogP contribution in [0.2, 0.25) is 5.02 Å². The van der Waals surface area contributed by atoms with Crippen molar-refractivity contribution in [2.75, 3.05) is 32.8 Å². The predicted octanol–water partition coefficient (Wildman–Crippen LogP) is 3.52. The molecule has 0 bridgehead atoms. The molecule has 1 aliphatic rings. The number of nitrogens with zero attached hydrogens (tertiary/aromatic N) is 1. The van der Waals surface area contributed by atoms with E-state index in [1.54, 1.807) is 12.1 Å². The number of rotatable bonds is 6. The van der Waals surface area contributed by atoms with Crippen LogP contribution in [0.15, 0.2) is 44.4 Å². The number of nitrogens with one attached hydrogen (secondary N) is 1. The second kappa shape index (κ2) is 8.47. The number of hydrogen-bond donors (Lipinski definition) is 1. The maximum Gasteiger partial charge on any atom is 0.250 e. The number of halogens is 2. The Balaban J connectivity index is 1.80. The maximum absolute atomic E-state index is 12.5. The highest BCUT2D eigenvalue weighted by Crippen LogP contribution is 2.27. The van der Waals surface area contributed by atoms with Crippen molar-refractivity contribution >= 4 is 48.9 Å². The van der Waals surface area contributed by atoms with Crippen molar-refractivity contribution in [2.24, 2.45) is 0 Å². The lowest BCUT2D eigenvalue weighted by Crippen LogP contribution is -2.43. The lowest BCUT2D eigenvalue weighted by atomic mass is 10.1. The van der Waals surface area contributed by atoms with Crippen LogP contribution in [-0.2, 0) is 14.8 Å². The van der Waals surface area contributed by atoms with Crippen LogP contribution in [0.3, 0.4) is 0 Å². The Bertz CT molecular complexity index is 822. The van der Waals surface area contributed by atoms with Crippen LogP contribution in [-0.4, -0.2) is 46.2 Å². The number of ether oxygens (including phenoxy) is 1. The molecule has 0 radical (unpaired) electrons. The van der Waals surface area contributed by atoms with Gasteiger partial charge in [0.05, 0.1) is 17.0 Å². The molecule has 1 atom stereocenters. The summed E-state index contributed by atoms with van der Waals surface area (Å²) in [6, 6.07) is 10.8. The summed E-state index contributed by atoms with van der Waals surface area (Å²) in [5.74, 6) is 0. The third-order valence-corrected chi connectivity index (χ3v) is 7.77. The molecule has 3 rings (SSSR count). The Kier molecular flexibility index (Phi) is 6.54. The van der Waals surface area contributed by atoms with E-state index in [-0.39, 0.29) is 12.6 Å². The number of thiophene rings is 1. The van der Waals surface area contributed by atoms with Crippen molar-refractivity contribution in [3.63, 3.8) is 0 Å². The molecule has 5 nitrogen and oxygen atoms in total. The zero-order chi connectivity index (χ0) is 17.9. The van der Waals surface area contributed by atoms with Crippen molar-refractivity contribution < 1.29 is 13.2 Å². The van der Waals surface area contributed by atoms with Crippen LogP contribution in [0.1, 0.15) is 11.6 Å². The van der Waals surface area contributed by atoms with Gasteiger partial charge in [-0.15, -0.1) is 11.3 Å². The molecule has 0 spiro atoms. The molecule has 0 aliphatic carbocycles. The molecule has 1 N–H and O–H groups in total. The van der Waals surface area contributed by atoms with Crippen LogP contribution >= 0.6 is 38.9 Å². The van der Waals surface area contributed by atoms with Gasteiger partial charge in [0.15, 0.2) is 0 Å². The van der Waals surface area contributed by atoms with Gasteiger partial charge in [-0.05, 0) is 45.8 Å². The molecule has 136 valence electrons. The first-order valence-electron chi connectivity index (χ1n) is 7.78. The van der Waals surface area contributed by atoms with E-state index in [9.17, 15) is 8.42 Å². The molecule has 0 amide bonds. The molecular formula is C16H18BrClN2O3S2. The fourth-order valence-electron chi connectivity index (χ4n) is 2.76. The SMILES string of the molecule is O=S(=O)(NCC(c1cccc(Cl)c1)N1CCOCC1)c1ccc(Br)s1. The minimum absolute atomic E-state index is 0.0965. The molecule has 25 heavy (non-hydrogen) atoms. The largest absolute Gasteiger partial charge is 0.379 e. The first-order valence-corrected chi connectivity index (χ1v) is 11.2. The Hall–Kier alpha value is -0.480. The summed E-state index contributed by atoms with van der Waals surface area (Å²) >= 11 is 10.6. The van der Waals surface area contributed by atoms with Crippen LogP contribution in [0.4, 0.5) is 0 Å². The van der Waals surface area contributed by atoms with E-state index in [1.807, 2.05) is 24.3 Å². The van der Waals surface area contributed by atoms with Gasteiger partial charge in [0.1, 0.15) is 4.21 Å². The predicted molar refractivity (Wildman–Crippen MR) is 104 cm³/mol. The van der Waals surface area contributed by atoms with Gasteiger partial charge in [0.25, 0.3) is 0 Å². The number of hydrogen-bond acceptors (Lipinski definition) is 5. The lowest BCUT2D eigenvalue weighted by molar-refractivity contribution is 0.0172. The molecular weight excluding hydrogens is 448 g/mol. The van der Waals surface area contributed by atoms with Gasteiger partial charge in [-0.25, -0.2) is 13.1 Å². The van der Waals surface area contributed by atoms with E-state index in [1.165, 1.54) is 11.3 Å². The highest BCUT2D eigenvalue weighted by atomic mass is 79.9. The van der Waals surface area contributed by atoms with Gasteiger partial charge in [-0.3, -0.25) is 4.90 Å². The third-order valence-electron chi connectivity index (χ3n) is 4.00. The second-order valence-corrected chi connectivity index (χ2v) is 10.5. The average molecular weight is 466 g/mol. The average Bonchev–Trinajstić information content (AvgIpc) is 3.03. The van der Waals surface area contributed by atoms with Crippen molar-refractivity contribution in [2.45, 2.75) is 10.3 Å². The summed E-state index contributed by atoms with van der Waals surface area (Å²) in [4.78, 5) is 2.22. The van der Waals surface area contributed by atoms with Crippen molar-refractivity contribution in [3.8, 4) is 0 Å². The van der Waals surface area contributed by atoms with Crippen LogP contribution in [0.5, 0.6) is 0 Å². The monoisotopic (exact) mass is 464 g/mol. The van der Waals surface area contributed by atoms with Crippen LogP contribution < -0.4 is 4.72 Å². The standard InChI is InChI=1S/C16H18BrClN2O3S2/c17-15-4-5-16(24-15)25(21,22)19-11-14(20-6-8-23-9-7-20)12-2-1-3-13(18)10-12/h1-5,10,14,19H,6-9,11H2. The Labute approximate surface area is 165 Å². The number of sulfonamides is 1. The van der Waals surface area contributed by atoms with E-state index in [0.717, 1.165) is 22.4 Å². The molecule has 1 unspecified atom stereocenters. The van der Waals surface area contributed by atoms with Gasteiger partial charge < -0.3 is 4.74 Å². The molecule has 2 heterocycles. The van der Waals surface area contributed by atoms with Gasteiger partial charge in [-0.2, -0.15) is 0 Å². The third kappa shape index (κ3) is 5.03. The summed E-state index contributed by atoms with van der Waals surface area (Å²) in [7, 11) is -3.54. The summed E-state index contributed by atoms with van der Waals surface area (Å²) in [6.45, 7) is 3.06. The first kappa shape index (κ1) is 19.3. The van der Waals surface area contributed by atoms with Crippen molar-refractivity contribution in [1.29, 1.82) is 0 Å². The zero-order valence-corrected chi connectivity index (χ0v) is 17.3. The molecule has 1 fully saturated rings. The highest BCUT2D eigenvalue weighted by molar-refractivity contribution is 9.11. The normalized spacial score (nSPS) is 17.5. The van der Waals surface area contributed by atoms with Crippen molar-refractivity contribution in [3.05, 3.63) is 50.8 Å². The van der Waals surface area contributed by atoms with E-state index in [2.05, 4.69) is 25.6 Å². The topological polar surface area (TPSA) is 58.6 Å². The highest BCUT2D eigenvalue weighted by Gasteiger charge is 2.25. The van der Waals surface area contributed by atoms with Crippen molar-refractivity contribution in [1.82, 2.24) is 9.62 Å². The van der Waals surface area contributed by atoms with Gasteiger partial charge in [-0.1, -0.05) is 23.7 Å². The molecule has 1 aromatic carbocycles. The molecule has 1 saturated heterocycles. The van der Waals surface area contributed by atoms with Gasteiger partial charge >= 0.3 is 0 Å². The minimum atomic E-state index is -3.54. The number of morpholine rings is 1. The molecule has 1 aromatic heterocycles. The number of benzene rings is 1. The second-order valence-electron chi connectivity index (χ2n) is 5.63. The maximum atomic E-state index is 12.5. The fraction of sp³-hybridized carbons (Fsp3) is 0.375. The van der Waals surface area contributed by atoms with E-state index >= 15 is 0 Å². The fourth-order valence-corrected chi connectivity index (χ4v) is 6.05. The van der Waals surface area contributed by atoms with Gasteiger partial charge in [0, 0.05) is 30.7 Å². The lowest BCUT2D eigenvalue weighted by Gasteiger charge is -2.34. The first-order chi connectivity index (χ1) is 12.0. The Morgan fingerprint density at radius 1 is 1.28 bits per heavy atom. The van der Waals surface area contributed by atoms with E-state index in [0.29, 0.717) is 22.4 Å². The van der Waals surface area contributed by atoms with Gasteiger partial charge in [0.2, 0.25) is 10.0 Å². The smallest absolute Gasteiger partial charge is 0.250 e. The van der Waals surface area contributed by atoms with Crippen LogP contribution in [0.25, 0.3) is 0 Å².